The molecule has 2 fully saturated rings. The molecule has 1 aliphatic heterocycles. The van der Waals surface area contributed by atoms with Crippen LogP contribution in [0.15, 0.2) is 17.5 Å². The van der Waals surface area contributed by atoms with Crippen LogP contribution in [0.4, 0.5) is 4.79 Å². The minimum absolute atomic E-state index is 0.0258. The third kappa shape index (κ3) is 6.21. The maximum atomic E-state index is 12.4. The minimum Gasteiger partial charge on any atom is -0.350 e. The fourth-order valence-corrected chi connectivity index (χ4v) is 4.64. The van der Waals surface area contributed by atoms with Gasteiger partial charge in [0.2, 0.25) is 5.91 Å². The Kier molecular flexibility index (Phi) is 7.52. The normalized spacial score (nSPS) is 20.8. The number of piperidine rings is 1. The summed E-state index contributed by atoms with van der Waals surface area (Å²) in [6.45, 7) is 4.23. The topological polar surface area (TPSA) is 73.5 Å². The predicted octanol–water partition coefficient (Wildman–Crippen LogP) is 2.85. The van der Waals surface area contributed by atoms with E-state index in [2.05, 4.69) is 20.9 Å². The number of amides is 3. The number of likely N-dealkylation sites (tertiary alicyclic amines) is 1. The molecule has 3 amide bonds. The first-order chi connectivity index (χ1) is 13.1. The van der Waals surface area contributed by atoms with Crippen molar-refractivity contribution >= 4 is 23.3 Å². The summed E-state index contributed by atoms with van der Waals surface area (Å²) in [4.78, 5) is 28.0. The smallest absolute Gasteiger partial charge is 0.315 e. The molecule has 1 saturated heterocycles. The first kappa shape index (κ1) is 20.1. The van der Waals surface area contributed by atoms with Gasteiger partial charge in [0.15, 0.2) is 0 Å². The van der Waals surface area contributed by atoms with Gasteiger partial charge in [-0.05, 0) is 44.1 Å². The summed E-state index contributed by atoms with van der Waals surface area (Å²) < 4.78 is 0. The predicted molar refractivity (Wildman–Crippen MR) is 109 cm³/mol. The number of urea groups is 1. The van der Waals surface area contributed by atoms with Gasteiger partial charge in [0.25, 0.3) is 0 Å². The van der Waals surface area contributed by atoms with Crippen molar-refractivity contribution < 1.29 is 9.59 Å². The monoisotopic (exact) mass is 392 g/mol. The molecule has 1 aliphatic carbocycles. The summed E-state index contributed by atoms with van der Waals surface area (Å²) in [6, 6.07) is 4.41. The van der Waals surface area contributed by atoms with Gasteiger partial charge in [0, 0.05) is 30.1 Å². The molecule has 0 radical (unpaired) electrons. The number of carbonyl (C=O) groups excluding carboxylic acids is 2. The van der Waals surface area contributed by atoms with E-state index in [-0.39, 0.29) is 24.0 Å². The highest BCUT2D eigenvalue weighted by molar-refractivity contribution is 7.09. The zero-order chi connectivity index (χ0) is 19.1. The number of thiophene rings is 1. The second kappa shape index (κ2) is 10.1. The van der Waals surface area contributed by atoms with E-state index in [0.717, 1.165) is 38.8 Å². The van der Waals surface area contributed by atoms with Crippen molar-refractivity contribution in [1.29, 1.82) is 0 Å². The van der Waals surface area contributed by atoms with Crippen LogP contribution in [-0.4, -0.2) is 48.1 Å². The van der Waals surface area contributed by atoms with Crippen molar-refractivity contribution in [3.05, 3.63) is 22.4 Å². The first-order valence-electron chi connectivity index (χ1n) is 10.2. The fourth-order valence-electron chi connectivity index (χ4n) is 3.99. The lowest BCUT2D eigenvalue weighted by molar-refractivity contribution is -0.126. The molecular weight excluding hydrogens is 360 g/mol. The zero-order valence-corrected chi connectivity index (χ0v) is 17.0. The molecule has 7 heteroatoms. The van der Waals surface area contributed by atoms with Crippen LogP contribution in [0.1, 0.15) is 56.7 Å². The molecule has 1 saturated carbocycles. The van der Waals surface area contributed by atoms with E-state index in [1.807, 2.05) is 24.4 Å². The molecule has 2 aliphatic rings. The van der Waals surface area contributed by atoms with Crippen molar-refractivity contribution in [1.82, 2.24) is 20.9 Å². The Bertz CT molecular complexity index is 593. The maximum absolute atomic E-state index is 12.4. The van der Waals surface area contributed by atoms with E-state index in [1.165, 1.54) is 24.1 Å². The Hall–Kier alpha value is -1.60. The van der Waals surface area contributed by atoms with Gasteiger partial charge in [-0.1, -0.05) is 25.3 Å². The number of nitrogens with one attached hydrogen (secondary N) is 3. The number of hydrogen-bond acceptors (Lipinski definition) is 4. The lowest BCUT2D eigenvalue weighted by Gasteiger charge is -2.35. The van der Waals surface area contributed by atoms with Crippen molar-refractivity contribution in [3.8, 4) is 0 Å². The minimum atomic E-state index is -0.137. The molecule has 1 unspecified atom stereocenters. The van der Waals surface area contributed by atoms with Crippen molar-refractivity contribution in [2.45, 2.75) is 76.5 Å². The maximum Gasteiger partial charge on any atom is 0.315 e. The van der Waals surface area contributed by atoms with Crippen LogP contribution >= 0.6 is 11.3 Å². The van der Waals surface area contributed by atoms with Crippen LogP contribution in [0.2, 0.25) is 0 Å². The Balaban J connectivity index is 1.34. The Morgan fingerprint density at radius 3 is 2.41 bits per heavy atom. The lowest BCUT2D eigenvalue weighted by atomic mass is 9.96. The SMILES string of the molecule is CC(C(=O)NCc1cccs1)N1CCC(NC(=O)NC2CCCCC2)CC1. The average Bonchev–Trinajstić information content (AvgIpc) is 3.20. The van der Waals surface area contributed by atoms with Gasteiger partial charge in [0.1, 0.15) is 0 Å². The number of rotatable bonds is 6. The Labute approximate surface area is 166 Å². The first-order valence-corrected chi connectivity index (χ1v) is 11.1. The second-order valence-electron chi connectivity index (χ2n) is 7.74. The molecule has 0 bridgehead atoms. The summed E-state index contributed by atoms with van der Waals surface area (Å²) in [5.41, 5.74) is 0. The van der Waals surface area contributed by atoms with E-state index in [4.69, 9.17) is 0 Å². The van der Waals surface area contributed by atoms with Crippen LogP contribution in [0, 0.1) is 0 Å². The Morgan fingerprint density at radius 2 is 1.78 bits per heavy atom. The van der Waals surface area contributed by atoms with Gasteiger partial charge in [-0.2, -0.15) is 0 Å². The van der Waals surface area contributed by atoms with Crippen molar-refractivity contribution in [3.63, 3.8) is 0 Å². The summed E-state index contributed by atoms with van der Waals surface area (Å²) in [5, 5.41) is 11.3. The molecule has 2 heterocycles. The molecule has 150 valence electrons. The molecule has 1 aromatic rings. The average molecular weight is 393 g/mol. The van der Waals surface area contributed by atoms with Gasteiger partial charge in [-0.25, -0.2) is 4.79 Å². The number of hydrogen-bond donors (Lipinski definition) is 3. The van der Waals surface area contributed by atoms with Crippen LogP contribution in [0.3, 0.4) is 0 Å². The Morgan fingerprint density at radius 1 is 1.11 bits per heavy atom. The summed E-state index contributed by atoms with van der Waals surface area (Å²) in [7, 11) is 0. The summed E-state index contributed by atoms with van der Waals surface area (Å²) in [5.74, 6) is 0.0739. The van der Waals surface area contributed by atoms with Gasteiger partial charge >= 0.3 is 6.03 Å². The van der Waals surface area contributed by atoms with Crippen LogP contribution in [0.5, 0.6) is 0 Å². The van der Waals surface area contributed by atoms with Gasteiger partial charge in [-0.3, -0.25) is 9.69 Å². The number of nitrogens with zero attached hydrogens (tertiary/aromatic N) is 1. The molecule has 0 spiro atoms. The molecule has 27 heavy (non-hydrogen) atoms. The molecule has 6 nitrogen and oxygen atoms in total. The van der Waals surface area contributed by atoms with Gasteiger partial charge in [0.05, 0.1) is 12.6 Å². The summed E-state index contributed by atoms with van der Waals surface area (Å²) in [6.07, 6.45) is 7.71. The highest BCUT2D eigenvalue weighted by atomic mass is 32.1. The summed E-state index contributed by atoms with van der Waals surface area (Å²) >= 11 is 1.66. The van der Waals surface area contributed by atoms with E-state index >= 15 is 0 Å². The highest BCUT2D eigenvalue weighted by Gasteiger charge is 2.27. The lowest BCUT2D eigenvalue weighted by Crippen LogP contribution is -2.53. The second-order valence-corrected chi connectivity index (χ2v) is 8.77. The van der Waals surface area contributed by atoms with E-state index < -0.39 is 0 Å². The van der Waals surface area contributed by atoms with Crippen LogP contribution in [-0.2, 0) is 11.3 Å². The molecule has 3 N–H and O–H groups in total. The molecule has 0 aromatic carbocycles. The molecule has 1 aromatic heterocycles. The van der Waals surface area contributed by atoms with E-state index in [1.54, 1.807) is 11.3 Å². The third-order valence-corrected chi connectivity index (χ3v) is 6.63. The van der Waals surface area contributed by atoms with Gasteiger partial charge < -0.3 is 16.0 Å². The number of carbonyl (C=O) groups is 2. The highest BCUT2D eigenvalue weighted by Crippen LogP contribution is 2.18. The standard InChI is InChI=1S/C20H32N4O2S/c1-15(19(25)21-14-18-8-5-13-27-18)24-11-9-17(10-12-24)23-20(26)22-16-6-3-2-4-7-16/h5,8,13,15-17H,2-4,6-7,9-12,14H2,1H3,(H,21,25)(H2,22,23,26). The van der Waals surface area contributed by atoms with E-state index in [9.17, 15) is 9.59 Å². The van der Waals surface area contributed by atoms with Crippen LogP contribution in [0.25, 0.3) is 0 Å². The van der Waals surface area contributed by atoms with Crippen molar-refractivity contribution in [2.75, 3.05) is 13.1 Å². The molecule has 1 atom stereocenters. The third-order valence-electron chi connectivity index (χ3n) is 5.75. The molecular formula is C20H32N4O2S. The zero-order valence-electron chi connectivity index (χ0n) is 16.2. The quantitative estimate of drug-likeness (QED) is 0.697. The largest absolute Gasteiger partial charge is 0.350 e. The molecule has 3 rings (SSSR count). The van der Waals surface area contributed by atoms with E-state index in [0.29, 0.717) is 12.6 Å². The van der Waals surface area contributed by atoms with Crippen molar-refractivity contribution in [2.24, 2.45) is 0 Å². The fraction of sp³-hybridized carbons (Fsp3) is 0.700. The van der Waals surface area contributed by atoms with Gasteiger partial charge in [-0.15, -0.1) is 11.3 Å². The van der Waals surface area contributed by atoms with Crippen LogP contribution < -0.4 is 16.0 Å².